The van der Waals surface area contributed by atoms with Crippen molar-refractivity contribution in [1.29, 1.82) is 0 Å². The molecule has 0 bridgehead atoms. The first-order valence-corrected chi connectivity index (χ1v) is 7.07. The normalized spacial score (nSPS) is 9.78. The smallest absolute Gasteiger partial charge is 0.296 e. The minimum absolute atomic E-state index is 0. The molecule has 12 heteroatoms. The zero-order valence-corrected chi connectivity index (χ0v) is 13.0. The molecule has 0 spiro atoms. The predicted molar refractivity (Wildman–Crippen MR) is 88.4 cm³/mol. The van der Waals surface area contributed by atoms with Crippen LogP contribution in [-0.2, 0) is 10.1 Å². The number of nitrogens with two attached hydrogens (primary N) is 5. The lowest BCUT2D eigenvalue weighted by Crippen LogP contribution is -2.05. The number of anilines is 3. The Labute approximate surface area is 132 Å². The van der Waals surface area contributed by atoms with Crippen molar-refractivity contribution in [3.63, 3.8) is 0 Å². The van der Waals surface area contributed by atoms with Crippen molar-refractivity contribution in [2.45, 2.75) is 4.90 Å². The van der Waals surface area contributed by atoms with Crippen LogP contribution < -0.4 is 28.8 Å². The minimum atomic E-state index is -4.56. The van der Waals surface area contributed by atoms with Crippen molar-refractivity contribution in [2.24, 2.45) is 11.6 Å². The maximum absolute atomic E-state index is 11.1. The van der Waals surface area contributed by atoms with Gasteiger partial charge in [0.1, 0.15) is 10.6 Å². The number of phenolic OH excluding ortho intramolecular Hbond substituents is 1. The fraction of sp³-hybridized carbons (Fsp3) is 0.0909. The van der Waals surface area contributed by atoms with E-state index in [4.69, 9.17) is 27.0 Å². The Kier molecular flexibility index (Phi) is 8.91. The van der Waals surface area contributed by atoms with Crippen molar-refractivity contribution >= 4 is 38.0 Å². The van der Waals surface area contributed by atoms with E-state index in [1.807, 2.05) is 0 Å². The molecule has 2 rings (SSSR count). The van der Waals surface area contributed by atoms with Crippen molar-refractivity contribution in [1.82, 2.24) is 0 Å². The largest absolute Gasteiger partial charge is 0.505 e. The van der Waals surface area contributed by atoms with Gasteiger partial charge in [-0.2, -0.15) is 8.42 Å². The van der Waals surface area contributed by atoms with Gasteiger partial charge in [-0.25, -0.2) is 5.90 Å². The van der Waals surface area contributed by atoms with Gasteiger partial charge in [-0.3, -0.25) is 4.55 Å². The molecule has 0 amide bonds. The van der Waals surface area contributed by atoms with Gasteiger partial charge in [0, 0.05) is 10.8 Å². The van der Waals surface area contributed by atoms with Crippen molar-refractivity contribution in [2.75, 3.05) is 24.2 Å². The summed E-state index contributed by atoms with van der Waals surface area (Å²) in [6, 6.07) is 4.00. The third-order valence-electron chi connectivity index (χ3n) is 2.65. The molecule has 15 N–H and O–H groups in total. The number of rotatable bonds is 1. The van der Waals surface area contributed by atoms with Gasteiger partial charge in [0.25, 0.3) is 10.1 Å². The van der Waals surface area contributed by atoms with E-state index in [1.54, 1.807) is 0 Å². The highest BCUT2D eigenvalue weighted by Crippen LogP contribution is 2.39. The number of phenols is 1. The molecule has 0 aliphatic heterocycles. The predicted octanol–water partition coefficient (Wildman–Crippen LogP) is -1.38. The van der Waals surface area contributed by atoms with Crippen LogP contribution in [0.4, 0.5) is 17.1 Å². The van der Waals surface area contributed by atoms with Gasteiger partial charge in [-0.15, -0.1) is 0 Å². The van der Waals surface area contributed by atoms with Crippen LogP contribution in [0, 0.1) is 0 Å². The Hall–Kier alpha value is -2.35. The topological polar surface area (TPSA) is 256 Å². The molecule has 23 heavy (non-hydrogen) atoms. The number of fused-ring (bicyclic) bond motifs is 1. The molecule has 11 nitrogen and oxygen atoms in total. The standard InChI is InChI=1S/C10H11N3O4S.CH5N.H3NO.H2O/c11-6-2-1-4-5(8(6)12)3-7(18(15,16)17)9(13)10(4)14;2*1-2;/h1-3,14H,11-13H2,(H,15,16,17);2H2,1H3;2H,1H2;1H2. The Morgan fingerprint density at radius 2 is 1.43 bits per heavy atom. The molecule has 0 aliphatic carbocycles. The van der Waals surface area contributed by atoms with E-state index in [2.05, 4.69) is 11.6 Å². The molecule has 2 aromatic rings. The van der Waals surface area contributed by atoms with Crippen LogP contribution in [0.5, 0.6) is 5.75 Å². The minimum Gasteiger partial charge on any atom is -0.505 e. The first-order valence-electron chi connectivity index (χ1n) is 5.63. The highest BCUT2D eigenvalue weighted by atomic mass is 32.2. The van der Waals surface area contributed by atoms with Crippen LogP contribution >= 0.6 is 0 Å². The highest BCUT2D eigenvalue weighted by Gasteiger charge is 2.20. The first kappa shape index (κ1) is 22.9. The SMILES string of the molecule is CN.NO.Nc1ccc2c(O)c(N)c(S(=O)(=O)O)cc2c1N.O. The van der Waals surface area contributed by atoms with E-state index >= 15 is 0 Å². The molecule has 0 aromatic heterocycles. The quantitative estimate of drug-likeness (QED) is 0.129. The number of nitrogen functional groups attached to an aromatic ring is 3. The summed E-state index contributed by atoms with van der Waals surface area (Å²) in [5, 5.41) is 16.8. The number of hydrogen-bond acceptors (Lipinski definition) is 9. The van der Waals surface area contributed by atoms with Crippen LogP contribution in [0.3, 0.4) is 0 Å². The molecule has 132 valence electrons. The molecular weight excluding hydrogens is 330 g/mol. The molecule has 0 saturated heterocycles. The first-order chi connectivity index (χ1) is 10.2. The van der Waals surface area contributed by atoms with E-state index in [1.165, 1.54) is 19.2 Å². The van der Waals surface area contributed by atoms with Crippen LogP contribution in [0.1, 0.15) is 0 Å². The molecule has 2 aromatic carbocycles. The summed E-state index contributed by atoms with van der Waals surface area (Å²) in [5.41, 5.74) is 21.1. The number of benzene rings is 2. The average Bonchev–Trinajstić information content (AvgIpc) is 2.49. The van der Waals surface area contributed by atoms with Crippen LogP contribution in [-0.4, -0.2) is 35.8 Å². The summed E-state index contributed by atoms with van der Waals surface area (Å²) < 4.78 is 31.3. The zero-order chi connectivity index (χ0) is 17.7. The van der Waals surface area contributed by atoms with Crippen molar-refractivity contribution < 1.29 is 28.8 Å². The maximum atomic E-state index is 11.1. The lowest BCUT2D eigenvalue weighted by molar-refractivity contribution is 0.311. The monoisotopic (exact) mass is 351 g/mol. The second kappa shape index (κ2) is 8.94. The van der Waals surface area contributed by atoms with Gasteiger partial charge in [-0.05, 0) is 25.2 Å². The van der Waals surface area contributed by atoms with Gasteiger partial charge in [0.05, 0.1) is 17.1 Å². The number of aromatic hydroxyl groups is 1. The van der Waals surface area contributed by atoms with Crippen LogP contribution in [0.25, 0.3) is 10.8 Å². The molecule has 0 saturated carbocycles. The van der Waals surface area contributed by atoms with Crippen LogP contribution in [0.2, 0.25) is 0 Å². The number of hydrogen-bond donors (Lipinski definition) is 8. The summed E-state index contributed by atoms with van der Waals surface area (Å²) in [4.78, 5) is -0.607. The van der Waals surface area contributed by atoms with E-state index in [0.717, 1.165) is 6.07 Å². The fourth-order valence-corrected chi connectivity index (χ4v) is 2.34. The van der Waals surface area contributed by atoms with E-state index < -0.39 is 26.5 Å². The lowest BCUT2D eigenvalue weighted by atomic mass is 10.1. The summed E-state index contributed by atoms with van der Waals surface area (Å²) in [5.74, 6) is 3.03. The summed E-state index contributed by atoms with van der Waals surface area (Å²) in [7, 11) is -3.06. The Morgan fingerprint density at radius 3 is 1.87 bits per heavy atom. The van der Waals surface area contributed by atoms with Crippen LogP contribution in [0.15, 0.2) is 23.1 Å². The van der Waals surface area contributed by atoms with Gasteiger partial charge in [0.2, 0.25) is 0 Å². The third kappa shape index (κ3) is 4.56. The summed E-state index contributed by atoms with van der Waals surface area (Å²) in [6.07, 6.45) is 0. The highest BCUT2D eigenvalue weighted by molar-refractivity contribution is 7.86. The summed E-state index contributed by atoms with van der Waals surface area (Å²) in [6.45, 7) is 0. The zero-order valence-electron chi connectivity index (χ0n) is 12.2. The second-order valence-electron chi connectivity index (χ2n) is 3.78. The van der Waals surface area contributed by atoms with Gasteiger partial charge >= 0.3 is 0 Å². The van der Waals surface area contributed by atoms with Crippen molar-refractivity contribution in [3.8, 4) is 5.75 Å². The van der Waals surface area contributed by atoms with Gasteiger partial charge in [-0.1, -0.05) is 0 Å². The Bertz CT molecular complexity index is 765. The molecule has 0 heterocycles. The Balaban J connectivity index is 0. The third-order valence-corrected chi connectivity index (χ3v) is 3.54. The van der Waals surface area contributed by atoms with E-state index in [0.29, 0.717) is 0 Å². The summed E-state index contributed by atoms with van der Waals surface area (Å²) >= 11 is 0. The second-order valence-corrected chi connectivity index (χ2v) is 5.17. The molecule has 0 aliphatic rings. The van der Waals surface area contributed by atoms with Crippen molar-refractivity contribution in [3.05, 3.63) is 18.2 Å². The fourth-order valence-electron chi connectivity index (χ4n) is 1.70. The van der Waals surface area contributed by atoms with E-state index in [-0.39, 0.29) is 27.6 Å². The molecule has 0 radical (unpaired) electrons. The lowest BCUT2D eigenvalue weighted by Gasteiger charge is -2.11. The molecule has 0 fully saturated rings. The van der Waals surface area contributed by atoms with E-state index in [9.17, 15) is 13.5 Å². The van der Waals surface area contributed by atoms with Gasteiger partial charge < -0.3 is 38.7 Å². The molecule has 0 atom stereocenters. The Morgan fingerprint density at radius 1 is 0.957 bits per heavy atom. The average molecular weight is 351 g/mol. The maximum Gasteiger partial charge on any atom is 0.296 e. The molecule has 0 unspecified atom stereocenters. The molecular formula is C11H21N5O6S. The van der Waals surface area contributed by atoms with Gasteiger partial charge in [0.15, 0.2) is 0 Å².